The smallest absolute Gasteiger partial charge is 0.136 e. The summed E-state index contributed by atoms with van der Waals surface area (Å²) >= 11 is 0. The summed E-state index contributed by atoms with van der Waals surface area (Å²) in [7, 11) is 0. The van der Waals surface area contributed by atoms with Crippen LogP contribution in [0.2, 0.25) is 0 Å². The monoisotopic (exact) mass is 290 g/mol. The standard InChI is InChI=1S/C18H26O3/c1-13(11-20-12-14-5-4-10-21-14)15-7-8-16-17(19)6-3-9-18(15,16)2/h4-5,10,13,15-16H,3,6-9,11-12H2,1-2H3/t13-,15-,16+,18-/m1/s1. The number of Topliss-reactive ketones (excluding diaryl/α,β-unsaturated/α-hetero) is 1. The molecule has 1 aromatic rings. The van der Waals surface area contributed by atoms with Gasteiger partial charge in [-0.15, -0.1) is 0 Å². The van der Waals surface area contributed by atoms with Gasteiger partial charge in [0.15, 0.2) is 0 Å². The molecule has 0 aromatic carbocycles. The Morgan fingerprint density at radius 3 is 3.10 bits per heavy atom. The average Bonchev–Trinajstić information content (AvgIpc) is 3.06. The maximum Gasteiger partial charge on any atom is 0.136 e. The minimum atomic E-state index is 0.211. The van der Waals surface area contributed by atoms with Crippen molar-refractivity contribution in [1.29, 1.82) is 0 Å². The zero-order chi connectivity index (χ0) is 14.9. The first-order chi connectivity index (χ1) is 10.1. The summed E-state index contributed by atoms with van der Waals surface area (Å²) in [5.41, 5.74) is 0.211. The highest BCUT2D eigenvalue weighted by Gasteiger charge is 2.52. The zero-order valence-electron chi connectivity index (χ0n) is 13.1. The van der Waals surface area contributed by atoms with Crippen molar-refractivity contribution in [2.24, 2.45) is 23.2 Å². The van der Waals surface area contributed by atoms with Crippen LogP contribution in [-0.4, -0.2) is 12.4 Å². The molecule has 0 aliphatic heterocycles. The number of rotatable bonds is 5. The van der Waals surface area contributed by atoms with Crippen molar-refractivity contribution in [3.05, 3.63) is 24.2 Å². The largest absolute Gasteiger partial charge is 0.467 e. The van der Waals surface area contributed by atoms with E-state index < -0.39 is 0 Å². The molecule has 2 aliphatic carbocycles. The third kappa shape index (κ3) is 2.80. The van der Waals surface area contributed by atoms with Crippen LogP contribution in [-0.2, 0) is 16.1 Å². The molecule has 116 valence electrons. The molecule has 0 saturated heterocycles. The molecule has 3 heteroatoms. The lowest BCUT2D eigenvalue weighted by molar-refractivity contribution is -0.130. The number of furan rings is 1. The highest BCUT2D eigenvalue weighted by molar-refractivity contribution is 5.83. The molecule has 0 unspecified atom stereocenters. The highest BCUT2D eigenvalue weighted by atomic mass is 16.5. The number of fused-ring (bicyclic) bond motifs is 1. The van der Waals surface area contributed by atoms with Crippen LogP contribution >= 0.6 is 0 Å². The SMILES string of the molecule is C[C@H](COCc1ccco1)[C@H]1CC[C@H]2C(=O)CCC[C@]12C. The third-order valence-electron chi connectivity index (χ3n) is 5.83. The van der Waals surface area contributed by atoms with Gasteiger partial charge in [0.2, 0.25) is 0 Å². The molecular weight excluding hydrogens is 264 g/mol. The predicted octanol–water partition coefficient (Wildman–Crippen LogP) is 4.22. The number of carbonyl (C=O) groups is 1. The second-order valence-corrected chi connectivity index (χ2v) is 7.13. The molecular formula is C18H26O3. The normalized spacial score (nSPS) is 33.9. The Kier molecular flexibility index (Phi) is 4.21. The van der Waals surface area contributed by atoms with Crippen LogP contribution < -0.4 is 0 Å². The first-order valence-corrected chi connectivity index (χ1v) is 8.24. The quantitative estimate of drug-likeness (QED) is 0.815. The maximum absolute atomic E-state index is 12.2. The number of ketones is 1. The van der Waals surface area contributed by atoms with Gasteiger partial charge in [0.25, 0.3) is 0 Å². The van der Waals surface area contributed by atoms with Gasteiger partial charge in [-0.2, -0.15) is 0 Å². The van der Waals surface area contributed by atoms with E-state index in [0.717, 1.165) is 31.6 Å². The number of hydrogen-bond donors (Lipinski definition) is 0. The second kappa shape index (κ2) is 5.96. The van der Waals surface area contributed by atoms with Crippen molar-refractivity contribution < 1.29 is 13.9 Å². The van der Waals surface area contributed by atoms with E-state index in [0.29, 0.717) is 30.1 Å². The minimum Gasteiger partial charge on any atom is -0.467 e. The summed E-state index contributed by atoms with van der Waals surface area (Å²) in [6.45, 7) is 5.92. The van der Waals surface area contributed by atoms with Gasteiger partial charge in [-0.25, -0.2) is 0 Å². The fourth-order valence-corrected chi connectivity index (χ4v) is 4.76. The molecule has 1 heterocycles. The first kappa shape index (κ1) is 14.8. The molecule has 2 saturated carbocycles. The van der Waals surface area contributed by atoms with Gasteiger partial charge in [0.05, 0.1) is 12.9 Å². The molecule has 3 nitrogen and oxygen atoms in total. The van der Waals surface area contributed by atoms with E-state index >= 15 is 0 Å². The summed E-state index contributed by atoms with van der Waals surface area (Å²) in [4.78, 5) is 12.2. The second-order valence-electron chi connectivity index (χ2n) is 7.13. The average molecular weight is 290 g/mol. The van der Waals surface area contributed by atoms with Gasteiger partial charge in [-0.1, -0.05) is 13.8 Å². The van der Waals surface area contributed by atoms with E-state index in [-0.39, 0.29) is 5.41 Å². The third-order valence-corrected chi connectivity index (χ3v) is 5.83. The Labute approximate surface area is 127 Å². The lowest BCUT2D eigenvalue weighted by Crippen LogP contribution is -2.40. The van der Waals surface area contributed by atoms with Gasteiger partial charge in [0, 0.05) is 12.3 Å². The lowest BCUT2D eigenvalue weighted by Gasteiger charge is -2.42. The molecule has 0 bridgehead atoms. The Balaban J connectivity index is 1.57. The summed E-state index contributed by atoms with van der Waals surface area (Å²) in [6, 6.07) is 3.83. The summed E-state index contributed by atoms with van der Waals surface area (Å²) < 4.78 is 11.1. The van der Waals surface area contributed by atoms with Gasteiger partial charge >= 0.3 is 0 Å². The molecule has 2 fully saturated rings. The van der Waals surface area contributed by atoms with Crippen molar-refractivity contribution in [2.75, 3.05) is 6.61 Å². The van der Waals surface area contributed by atoms with Crippen LogP contribution in [0.3, 0.4) is 0 Å². The Morgan fingerprint density at radius 2 is 2.33 bits per heavy atom. The molecule has 0 N–H and O–H groups in total. The molecule has 1 aromatic heterocycles. The van der Waals surface area contributed by atoms with Crippen molar-refractivity contribution in [1.82, 2.24) is 0 Å². The highest BCUT2D eigenvalue weighted by Crippen LogP contribution is 2.56. The molecule has 21 heavy (non-hydrogen) atoms. The maximum atomic E-state index is 12.2. The van der Waals surface area contributed by atoms with Crippen LogP contribution in [0.1, 0.15) is 51.7 Å². The fraction of sp³-hybridized carbons (Fsp3) is 0.722. The van der Waals surface area contributed by atoms with Gasteiger partial charge in [-0.05, 0) is 55.1 Å². The van der Waals surface area contributed by atoms with Gasteiger partial charge in [0.1, 0.15) is 18.2 Å². The first-order valence-electron chi connectivity index (χ1n) is 8.24. The Hall–Kier alpha value is -1.09. The molecule has 0 radical (unpaired) electrons. The summed E-state index contributed by atoms with van der Waals surface area (Å²) in [5.74, 6) is 2.81. The van der Waals surface area contributed by atoms with Crippen molar-refractivity contribution in [2.45, 2.75) is 52.6 Å². The van der Waals surface area contributed by atoms with Crippen molar-refractivity contribution in [3.8, 4) is 0 Å². The van der Waals surface area contributed by atoms with Crippen LogP contribution in [0, 0.1) is 23.2 Å². The van der Waals surface area contributed by atoms with Crippen LogP contribution in [0.4, 0.5) is 0 Å². The van der Waals surface area contributed by atoms with Crippen LogP contribution in [0.5, 0.6) is 0 Å². The Morgan fingerprint density at radius 1 is 1.48 bits per heavy atom. The number of ether oxygens (including phenoxy) is 1. The number of carbonyl (C=O) groups excluding carboxylic acids is 1. The minimum absolute atomic E-state index is 0.211. The van der Waals surface area contributed by atoms with Crippen LogP contribution in [0.15, 0.2) is 22.8 Å². The van der Waals surface area contributed by atoms with Crippen molar-refractivity contribution >= 4 is 5.78 Å². The predicted molar refractivity (Wildman–Crippen MR) is 80.7 cm³/mol. The van der Waals surface area contributed by atoms with E-state index in [4.69, 9.17) is 9.15 Å². The van der Waals surface area contributed by atoms with Crippen LogP contribution in [0.25, 0.3) is 0 Å². The van der Waals surface area contributed by atoms with E-state index in [1.165, 1.54) is 12.8 Å². The van der Waals surface area contributed by atoms with Gasteiger partial charge < -0.3 is 9.15 Å². The molecule has 2 aliphatic rings. The zero-order valence-corrected chi connectivity index (χ0v) is 13.1. The Bertz CT molecular complexity index is 479. The topological polar surface area (TPSA) is 39.4 Å². The molecule has 4 atom stereocenters. The molecule has 0 spiro atoms. The number of hydrogen-bond acceptors (Lipinski definition) is 3. The summed E-state index contributed by atoms with van der Waals surface area (Å²) in [5, 5.41) is 0. The van der Waals surface area contributed by atoms with Gasteiger partial charge in [-0.3, -0.25) is 4.79 Å². The lowest BCUT2D eigenvalue weighted by atomic mass is 9.62. The van der Waals surface area contributed by atoms with E-state index in [1.807, 2.05) is 12.1 Å². The fourth-order valence-electron chi connectivity index (χ4n) is 4.76. The summed E-state index contributed by atoms with van der Waals surface area (Å²) in [6.07, 6.45) is 7.02. The molecule has 0 amide bonds. The molecule has 3 rings (SSSR count). The van der Waals surface area contributed by atoms with E-state index in [9.17, 15) is 4.79 Å². The van der Waals surface area contributed by atoms with Crippen molar-refractivity contribution in [3.63, 3.8) is 0 Å². The van der Waals surface area contributed by atoms with E-state index in [1.54, 1.807) is 6.26 Å². The van der Waals surface area contributed by atoms with E-state index in [2.05, 4.69) is 13.8 Å².